The van der Waals surface area contributed by atoms with E-state index in [0.717, 1.165) is 92.1 Å². The van der Waals surface area contributed by atoms with Gasteiger partial charge in [-0.15, -0.1) is 0 Å². The van der Waals surface area contributed by atoms with Crippen LogP contribution in [-0.4, -0.2) is 73.9 Å². The number of benzene rings is 2. The van der Waals surface area contributed by atoms with Gasteiger partial charge in [-0.05, 0) is 115 Å². The van der Waals surface area contributed by atoms with Crippen LogP contribution in [0.25, 0.3) is 33.6 Å². The first kappa shape index (κ1) is 35.5. The molecule has 0 radical (unpaired) electrons. The number of ether oxygens (including phenoxy) is 1. The number of imidazole rings is 2. The van der Waals surface area contributed by atoms with Crippen LogP contribution in [0.15, 0.2) is 36.7 Å². The van der Waals surface area contributed by atoms with Gasteiger partial charge in [0.2, 0.25) is 11.8 Å². The van der Waals surface area contributed by atoms with Crippen molar-refractivity contribution in [3.05, 3.63) is 70.6 Å². The van der Waals surface area contributed by atoms with E-state index < -0.39 is 12.1 Å². The lowest BCUT2D eigenvalue weighted by Gasteiger charge is -2.30. The zero-order chi connectivity index (χ0) is 36.5. The first-order chi connectivity index (χ1) is 25.2. The number of likely N-dealkylation sites (tertiary alicyclic amines) is 1. The Kier molecular flexibility index (Phi) is 10.2. The molecule has 0 saturated carbocycles. The Balaban J connectivity index is 1.11. The van der Waals surface area contributed by atoms with Crippen molar-refractivity contribution in [2.24, 2.45) is 5.92 Å². The van der Waals surface area contributed by atoms with Crippen molar-refractivity contribution in [1.82, 2.24) is 35.1 Å². The van der Waals surface area contributed by atoms with Gasteiger partial charge in [-0.25, -0.2) is 14.8 Å². The van der Waals surface area contributed by atoms with Gasteiger partial charge in [-0.1, -0.05) is 27.7 Å². The fraction of sp³-hybridized carbons (Fsp3) is 0.488. The predicted molar refractivity (Wildman–Crippen MR) is 200 cm³/mol. The average Bonchev–Trinajstić information content (AvgIpc) is 3.93. The smallest absolute Gasteiger partial charge is 0.407 e. The van der Waals surface area contributed by atoms with Crippen LogP contribution in [0.3, 0.4) is 0 Å². The van der Waals surface area contributed by atoms with Crippen LogP contribution >= 0.6 is 0 Å². The summed E-state index contributed by atoms with van der Waals surface area (Å²) >= 11 is 0. The summed E-state index contributed by atoms with van der Waals surface area (Å²) in [6.07, 6.45) is 11.1. The number of carbonyl (C=O) groups is 3. The van der Waals surface area contributed by atoms with Crippen molar-refractivity contribution in [2.45, 2.75) is 104 Å². The van der Waals surface area contributed by atoms with E-state index >= 15 is 0 Å². The summed E-state index contributed by atoms with van der Waals surface area (Å²) < 4.78 is 4.79. The van der Waals surface area contributed by atoms with E-state index in [9.17, 15) is 14.4 Å². The molecule has 2 aromatic heterocycles. The first-order valence-corrected chi connectivity index (χ1v) is 19.0. The Labute approximate surface area is 306 Å². The Hall–Kier alpha value is -4.93. The van der Waals surface area contributed by atoms with Gasteiger partial charge >= 0.3 is 6.09 Å². The molecule has 3 aliphatic rings. The number of amides is 3. The van der Waals surface area contributed by atoms with Crippen LogP contribution < -0.4 is 5.32 Å². The molecule has 11 nitrogen and oxygen atoms in total. The number of nitrogens with zero attached hydrogens (tertiary/aromatic N) is 4. The molecule has 4 aromatic rings. The van der Waals surface area contributed by atoms with E-state index in [1.165, 1.54) is 40.5 Å². The van der Waals surface area contributed by atoms with Gasteiger partial charge in [0.05, 0.1) is 43.5 Å². The quantitative estimate of drug-likeness (QED) is 0.147. The summed E-state index contributed by atoms with van der Waals surface area (Å²) in [5, 5.41) is 2.73. The highest BCUT2D eigenvalue weighted by Crippen LogP contribution is 2.46. The summed E-state index contributed by atoms with van der Waals surface area (Å²) in [6.45, 7) is 9.85. The minimum atomic E-state index is -0.666. The minimum absolute atomic E-state index is 0.0851. The lowest BCUT2D eigenvalue weighted by molar-refractivity contribution is -0.135. The molecule has 3 amide bonds. The van der Waals surface area contributed by atoms with Gasteiger partial charge in [0, 0.05) is 30.6 Å². The number of aromatic amines is 2. The second-order valence-electron chi connectivity index (χ2n) is 14.9. The maximum absolute atomic E-state index is 13.7. The van der Waals surface area contributed by atoms with Crippen molar-refractivity contribution in [1.29, 1.82) is 0 Å². The third-order valence-corrected chi connectivity index (χ3v) is 10.9. The summed E-state index contributed by atoms with van der Waals surface area (Å²) in [5.74, 6) is 1.59. The molecule has 2 atom stereocenters. The normalized spacial score (nSPS) is 16.5. The number of aryl methyl sites for hydroxylation is 4. The van der Waals surface area contributed by atoms with Gasteiger partial charge in [0.25, 0.3) is 0 Å². The van der Waals surface area contributed by atoms with E-state index in [1.807, 2.05) is 43.0 Å². The fourth-order valence-corrected chi connectivity index (χ4v) is 8.37. The molecular weight excluding hydrogens is 654 g/mol. The van der Waals surface area contributed by atoms with E-state index in [2.05, 4.69) is 51.5 Å². The summed E-state index contributed by atoms with van der Waals surface area (Å²) in [4.78, 5) is 58.7. The van der Waals surface area contributed by atoms with Gasteiger partial charge in [-0.3, -0.25) is 9.59 Å². The number of aromatic nitrogens is 4. The maximum Gasteiger partial charge on any atom is 0.407 e. The molecule has 0 spiro atoms. The van der Waals surface area contributed by atoms with Crippen molar-refractivity contribution in [3.63, 3.8) is 0 Å². The highest BCUT2D eigenvalue weighted by molar-refractivity contribution is 5.87. The van der Waals surface area contributed by atoms with Crippen LogP contribution in [0, 0.1) is 5.92 Å². The lowest BCUT2D eigenvalue weighted by atomic mass is 9.74. The lowest BCUT2D eigenvalue weighted by Crippen LogP contribution is -2.51. The third kappa shape index (κ3) is 6.85. The number of H-pyrrole nitrogens is 2. The van der Waals surface area contributed by atoms with Gasteiger partial charge in [0.15, 0.2) is 0 Å². The standard InChI is InChI=1S/C41H51N7O4/c1-6-9-35(49)47(15-7-2)23-34-42-21-31(44-34)29-17-25-11-13-27-19-30(20-28-14-12-26(18-29)36(25)37(27)28)32-22-43-39(45-32)33-10-8-16-48(33)40(50)38(24(3)4)46-41(51)52-5/h17-22,24,33,38H,6-16,23H2,1-5H3,(H,42,44)(H,43,45)(H,46,51)/t33-,38-/m0/s1. The second-order valence-corrected chi connectivity index (χ2v) is 14.9. The fourth-order valence-electron chi connectivity index (χ4n) is 8.37. The molecule has 52 heavy (non-hydrogen) atoms. The van der Waals surface area contributed by atoms with Gasteiger partial charge in [-0.2, -0.15) is 0 Å². The molecule has 11 heteroatoms. The number of nitrogens with one attached hydrogen (secondary N) is 3. The van der Waals surface area contributed by atoms with Crippen LogP contribution in [0.1, 0.15) is 99.7 Å². The number of carbonyl (C=O) groups excluding carboxylic acids is 3. The summed E-state index contributed by atoms with van der Waals surface area (Å²) in [5.41, 5.74) is 12.5. The monoisotopic (exact) mass is 705 g/mol. The Morgan fingerprint density at radius 1 is 0.904 bits per heavy atom. The average molecular weight is 706 g/mol. The predicted octanol–water partition coefficient (Wildman–Crippen LogP) is 6.91. The van der Waals surface area contributed by atoms with E-state index in [1.54, 1.807) is 0 Å². The number of alkyl carbamates (subject to hydrolysis) is 1. The Morgan fingerprint density at radius 2 is 1.50 bits per heavy atom. The van der Waals surface area contributed by atoms with E-state index in [4.69, 9.17) is 9.72 Å². The molecule has 3 heterocycles. The van der Waals surface area contributed by atoms with Crippen molar-refractivity contribution in [3.8, 4) is 33.6 Å². The minimum Gasteiger partial charge on any atom is -0.453 e. The molecule has 2 aliphatic carbocycles. The zero-order valence-electron chi connectivity index (χ0n) is 31.1. The summed E-state index contributed by atoms with van der Waals surface area (Å²) in [6, 6.07) is 8.45. The molecule has 1 saturated heterocycles. The highest BCUT2D eigenvalue weighted by Gasteiger charge is 2.37. The molecule has 7 rings (SSSR count). The molecule has 1 fully saturated rings. The molecule has 0 unspecified atom stereocenters. The van der Waals surface area contributed by atoms with Gasteiger partial charge < -0.3 is 29.8 Å². The number of methoxy groups -OCH3 is 1. The van der Waals surface area contributed by atoms with Crippen molar-refractivity contribution < 1.29 is 19.1 Å². The highest BCUT2D eigenvalue weighted by atomic mass is 16.5. The van der Waals surface area contributed by atoms with Crippen LogP contribution in [0.5, 0.6) is 0 Å². The Morgan fingerprint density at radius 3 is 2.06 bits per heavy atom. The molecule has 3 N–H and O–H groups in total. The topological polar surface area (TPSA) is 136 Å². The molecule has 2 aromatic carbocycles. The van der Waals surface area contributed by atoms with Gasteiger partial charge in [0.1, 0.15) is 17.7 Å². The first-order valence-electron chi connectivity index (χ1n) is 19.0. The molecule has 0 bridgehead atoms. The zero-order valence-corrected chi connectivity index (χ0v) is 31.1. The van der Waals surface area contributed by atoms with Crippen LogP contribution in [0.4, 0.5) is 4.79 Å². The van der Waals surface area contributed by atoms with Crippen LogP contribution in [0.2, 0.25) is 0 Å². The second kappa shape index (κ2) is 15.0. The maximum atomic E-state index is 13.7. The largest absolute Gasteiger partial charge is 0.453 e. The van der Waals surface area contributed by atoms with Crippen molar-refractivity contribution >= 4 is 17.9 Å². The number of hydrogen-bond donors (Lipinski definition) is 3. The van der Waals surface area contributed by atoms with E-state index in [0.29, 0.717) is 19.5 Å². The van der Waals surface area contributed by atoms with Crippen LogP contribution in [-0.2, 0) is 46.6 Å². The Bertz CT molecular complexity index is 1930. The number of rotatable bonds is 12. The van der Waals surface area contributed by atoms with Crippen molar-refractivity contribution in [2.75, 3.05) is 20.2 Å². The third-order valence-electron chi connectivity index (χ3n) is 10.9. The molecule has 1 aliphatic heterocycles. The molecule has 274 valence electrons. The molecular formula is C41H51N7O4. The number of hydrogen-bond acceptors (Lipinski definition) is 6. The summed E-state index contributed by atoms with van der Waals surface area (Å²) in [7, 11) is 1.31. The van der Waals surface area contributed by atoms with E-state index in [-0.39, 0.29) is 23.8 Å². The SMILES string of the molecule is CCCC(=O)N(CCC)Cc1ncc(-c2cc3c4c(c2)CCc2cc(-c5cnc([C@@H]6CCCN6C(=O)[C@@H](NC(=O)OC)C(C)C)[nH]5)cc(c2-4)CC3)[nH]1.